The largest absolute Gasteiger partial charge is 0.508 e. The van der Waals surface area contributed by atoms with Crippen LogP contribution in [-0.4, -0.2) is 15.3 Å². The van der Waals surface area contributed by atoms with E-state index < -0.39 is 0 Å². The molecule has 0 aliphatic rings. The van der Waals surface area contributed by atoms with E-state index in [4.69, 9.17) is 11.6 Å². The molecule has 0 unspecified atom stereocenters. The number of phenolic OH excluding ortho intramolecular Hbond substituents is 1. The van der Waals surface area contributed by atoms with E-state index in [0.29, 0.717) is 22.3 Å². The van der Waals surface area contributed by atoms with Crippen molar-refractivity contribution in [2.45, 2.75) is 6.54 Å². The van der Waals surface area contributed by atoms with Gasteiger partial charge in [0.25, 0.3) is 0 Å². The van der Waals surface area contributed by atoms with Crippen molar-refractivity contribution >= 4 is 28.1 Å². The lowest BCUT2D eigenvalue weighted by molar-refractivity contribution is 0.469. The van der Waals surface area contributed by atoms with Crippen LogP contribution in [0.15, 0.2) is 23.7 Å². The first kappa shape index (κ1) is 10.2. The Morgan fingerprint density at radius 1 is 1.47 bits per heavy atom. The number of benzene rings is 1. The van der Waals surface area contributed by atoms with Crippen LogP contribution in [0.4, 0.5) is 5.13 Å². The summed E-state index contributed by atoms with van der Waals surface area (Å²) in [5.74, 6) is 0.180. The Balaban J connectivity index is 2.11. The quantitative estimate of drug-likeness (QED) is 0.867. The first-order valence-corrected chi connectivity index (χ1v) is 5.49. The molecule has 0 spiro atoms. The average molecular weight is 242 g/mol. The van der Waals surface area contributed by atoms with Gasteiger partial charge in [0.2, 0.25) is 5.13 Å². The summed E-state index contributed by atoms with van der Waals surface area (Å²) in [6.07, 6.45) is 0. The highest BCUT2D eigenvalue weighted by molar-refractivity contribution is 7.13. The fraction of sp³-hybridized carbons (Fsp3) is 0.111. The van der Waals surface area contributed by atoms with Gasteiger partial charge in [-0.3, -0.25) is 0 Å². The van der Waals surface area contributed by atoms with Crippen molar-refractivity contribution in [3.8, 4) is 5.75 Å². The number of halogens is 1. The van der Waals surface area contributed by atoms with Crippen molar-refractivity contribution in [2.75, 3.05) is 5.32 Å². The number of phenols is 1. The Morgan fingerprint density at radius 3 is 3.00 bits per heavy atom. The van der Waals surface area contributed by atoms with E-state index in [-0.39, 0.29) is 5.75 Å². The van der Waals surface area contributed by atoms with Gasteiger partial charge in [-0.25, -0.2) is 0 Å². The molecule has 1 aromatic heterocycles. The molecule has 2 N–H and O–H groups in total. The zero-order chi connectivity index (χ0) is 10.7. The van der Waals surface area contributed by atoms with Gasteiger partial charge >= 0.3 is 0 Å². The number of rotatable bonds is 3. The van der Waals surface area contributed by atoms with Crippen LogP contribution in [0.2, 0.25) is 5.02 Å². The minimum absolute atomic E-state index is 0.180. The molecule has 0 saturated carbocycles. The van der Waals surface area contributed by atoms with E-state index in [2.05, 4.69) is 15.5 Å². The monoisotopic (exact) mass is 241 g/mol. The lowest BCUT2D eigenvalue weighted by Gasteiger charge is -2.06. The fourth-order valence-corrected chi connectivity index (χ4v) is 1.82. The number of hydrogen-bond donors (Lipinski definition) is 2. The third-order valence-corrected chi connectivity index (χ3v) is 2.87. The van der Waals surface area contributed by atoms with Gasteiger partial charge in [0.15, 0.2) is 0 Å². The SMILES string of the molecule is Oc1cccc(Cl)c1CNc1nncs1. The molecule has 0 aliphatic heterocycles. The van der Waals surface area contributed by atoms with E-state index in [9.17, 15) is 5.11 Å². The van der Waals surface area contributed by atoms with Crippen LogP contribution in [0.1, 0.15) is 5.56 Å². The second-order valence-electron chi connectivity index (χ2n) is 2.83. The predicted molar refractivity (Wildman–Crippen MR) is 60.4 cm³/mol. The molecule has 0 radical (unpaired) electrons. The Hall–Kier alpha value is -1.33. The Morgan fingerprint density at radius 2 is 2.33 bits per heavy atom. The van der Waals surface area contributed by atoms with Crippen LogP contribution in [0, 0.1) is 0 Å². The van der Waals surface area contributed by atoms with Gasteiger partial charge in [0.1, 0.15) is 11.3 Å². The zero-order valence-corrected chi connectivity index (χ0v) is 9.22. The third-order valence-electron chi connectivity index (χ3n) is 1.87. The van der Waals surface area contributed by atoms with Crippen molar-refractivity contribution in [2.24, 2.45) is 0 Å². The second kappa shape index (κ2) is 4.46. The summed E-state index contributed by atoms with van der Waals surface area (Å²) < 4.78 is 0. The van der Waals surface area contributed by atoms with Gasteiger partial charge < -0.3 is 10.4 Å². The summed E-state index contributed by atoms with van der Waals surface area (Å²) in [6.45, 7) is 0.431. The minimum Gasteiger partial charge on any atom is -0.508 e. The van der Waals surface area contributed by atoms with Gasteiger partial charge in [-0.05, 0) is 12.1 Å². The molecule has 1 heterocycles. The van der Waals surface area contributed by atoms with Crippen molar-refractivity contribution in [3.05, 3.63) is 34.3 Å². The number of aromatic nitrogens is 2. The van der Waals surface area contributed by atoms with E-state index >= 15 is 0 Å². The lowest BCUT2D eigenvalue weighted by Crippen LogP contribution is -2.00. The molecule has 6 heteroatoms. The van der Waals surface area contributed by atoms with E-state index in [0.717, 1.165) is 0 Å². The maximum atomic E-state index is 9.56. The summed E-state index contributed by atoms with van der Waals surface area (Å²) in [5.41, 5.74) is 2.30. The van der Waals surface area contributed by atoms with Crippen LogP contribution in [0.25, 0.3) is 0 Å². The maximum Gasteiger partial charge on any atom is 0.205 e. The van der Waals surface area contributed by atoms with Gasteiger partial charge in [0.05, 0.1) is 0 Å². The smallest absolute Gasteiger partial charge is 0.205 e. The molecular formula is C9H8ClN3OS. The number of nitrogens with zero attached hydrogens (tertiary/aromatic N) is 2. The molecule has 0 bridgehead atoms. The van der Waals surface area contributed by atoms with Gasteiger partial charge in [-0.2, -0.15) is 0 Å². The van der Waals surface area contributed by atoms with Crippen molar-refractivity contribution in [1.29, 1.82) is 0 Å². The zero-order valence-electron chi connectivity index (χ0n) is 7.64. The Bertz CT molecular complexity index is 426. The first-order valence-electron chi connectivity index (χ1n) is 4.24. The number of anilines is 1. The number of hydrogen-bond acceptors (Lipinski definition) is 5. The predicted octanol–water partition coefficient (Wildman–Crippen LogP) is 2.51. The summed E-state index contributed by atoms with van der Waals surface area (Å²) in [7, 11) is 0. The highest BCUT2D eigenvalue weighted by atomic mass is 35.5. The summed E-state index contributed by atoms with van der Waals surface area (Å²) in [6, 6.07) is 5.04. The number of aromatic hydroxyl groups is 1. The molecule has 0 atom stereocenters. The molecule has 2 rings (SSSR count). The van der Waals surface area contributed by atoms with E-state index in [1.807, 2.05) is 0 Å². The molecule has 0 aliphatic carbocycles. The standard InChI is InChI=1S/C9H8ClN3OS/c10-7-2-1-3-8(14)6(7)4-11-9-13-12-5-15-9/h1-3,5,14H,4H2,(H,11,13). The third kappa shape index (κ3) is 2.37. The van der Waals surface area contributed by atoms with Gasteiger partial charge in [0, 0.05) is 17.1 Å². The molecule has 0 fully saturated rings. The van der Waals surface area contributed by atoms with Crippen LogP contribution in [0.3, 0.4) is 0 Å². The average Bonchev–Trinajstić information content (AvgIpc) is 2.70. The van der Waals surface area contributed by atoms with Crippen molar-refractivity contribution in [1.82, 2.24) is 10.2 Å². The summed E-state index contributed by atoms with van der Waals surface area (Å²) >= 11 is 7.33. The Kier molecular flexibility index (Phi) is 3.03. The minimum atomic E-state index is 0.180. The molecule has 15 heavy (non-hydrogen) atoms. The van der Waals surface area contributed by atoms with Crippen LogP contribution in [-0.2, 0) is 6.54 Å². The first-order chi connectivity index (χ1) is 7.27. The van der Waals surface area contributed by atoms with Crippen molar-refractivity contribution in [3.63, 3.8) is 0 Å². The Labute approximate surface area is 95.5 Å². The van der Waals surface area contributed by atoms with E-state index in [1.54, 1.807) is 23.7 Å². The molecular weight excluding hydrogens is 234 g/mol. The topological polar surface area (TPSA) is 58.0 Å². The fourth-order valence-electron chi connectivity index (χ4n) is 1.14. The van der Waals surface area contributed by atoms with Gasteiger partial charge in [-0.1, -0.05) is 29.0 Å². The van der Waals surface area contributed by atoms with E-state index in [1.165, 1.54) is 11.3 Å². The highest BCUT2D eigenvalue weighted by Gasteiger charge is 2.06. The lowest BCUT2D eigenvalue weighted by atomic mass is 10.2. The molecule has 1 aromatic carbocycles. The number of nitrogens with one attached hydrogen (secondary N) is 1. The van der Waals surface area contributed by atoms with Crippen LogP contribution < -0.4 is 5.32 Å². The summed E-state index contributed by atoms with van der Waals surface area (Å²) in [4.78, 5) is 0. The normalized spacial score (nSPS) is 10.2. The summed E-state index contributed by atoms with van der Waals surface area (Å²) in [5, 5.41) is 21.3. The van der Waals surface area contributed by atoms with Crippen LogP contribution >= 0.6 is 22.9 Å². The van der Waals surface area contributed by atoms with Crippen LogP contribution in [0.5, 0.6) is 5.75 Å². The molecule has 2 aromatic rings. The highest BCUT2D eigenvalue weighted by Crippen LogP contribution is 2.26. The molecule has 0 saturated heterocycles. The van der Waals surface area contributed by atoms with Crippen molar-refractivity contribution < 1.29 is 5.11 Å². The van der Waals surface area contributed by atoms with Gasteiger partial charge in [-0.15, -0.1) is 10.2 Å². The molecule has 0 amide bonds. The second-order valence-corrected chi connectivity index (χ2v) is 4.08. The maximum absolute atomic E-state index is 9.56. The molecule has 4 nitrogen and oxygen atoms in total. The molecule has 78 valence electrons.